The van der Waals surface area contributed by atoms with Crippen LogP contribution in [0.5, 0.6) is 0 Å². The van der Waals surface area contributed by atoms with Gasteiger partial charge in [-0.05, 0) is 90.6 Å². The predicted octanol–water partition coefficient (Wildman–Crippen LogP) is 5.65. The standard InChI is InChI=1S/C21H20IN3/c1-4-14-6-5-7-15-8-16(22)9-17(21(14)15)19-10-20-18(11-23-19)12(2)24-13(3)25-20/h6,8-11H,4-5,7H2,1-3H3. The fourth-order valence-corrected chi connectivity index (χ4v) is 4.42. The van der Waals surface area contributed by atoms with Crippen LogP contribution in [0.4, 0.5) is 0 Å². The molecule has 0 fully saturated rings. The molecule has 3 nitrogen and oxygen atoms in total. The highest BCUT2D eigenvalue weighted by Crippen LogP contribution is 2.38. The Labute approximate surface area is 161 Å². The first-order valence-electron chi connectivity index (χ1n) is 8.70. The number of hydrogen-bond donors (Lipinski definition) is 0. The fourth-order valence-electron chi connectivity index (χ4n) is 3.73. The molecule has 0 saturated heterocycles. The molecule has 0 aliphatic heterocycles. The van der Waals surface area contributed by atoms with Crippen LogP contribution in [0.1, 0.15) is 42.4 Å². The maximum Gasteiger partial charge on any atom is 0.126 e. The first kappa shape index (κ1) is 16.6. The summed E-state index contributed by atoms with van der Waals surface area (Å²) >= 11 is 2.41. The lowest BCUT2D eigenvalue weighted by atomic mass is 9.85. The van der Waals surface area contributed by atoms with Gasteiger partial charge in [0.2, 0.25) is 0 Å². The summed E-state index contributed by atoms with van der Waals surface area (Å²) in [6.07, 6.45) is 7.59. The van der Waals surface area contributed by atoms with E-state index in [2.05, 4.69) is 63.8 Å². The zero-order chi connectivity index (χ0) is 17.6. The van der Waals surface area contributed by atoms with E-state index in [4.69, 9.17) is 4.98 Å². The third-order valence-corrected chi connectivity index (χ3v) is 5.47. The zero-order valence-electron chi connectivity index (χ0n) is 14.7. The number of pyridine rings is 1. The third kappa shape index (κ3) is 2.97. The molecule has 126 valence electrons. The van der Waals surface area contributed by atoms with Gasteiger partial charge < -0.3 is 0 Å². The molecule has 1 aliphatic carbocycles. The molecule has 0 spiro atoms. The molecule has 2 aromatic heterocycles. The molecule has 0 unspecified atom stereocenters. The lowest BCUT2D eigenvalue weighted by molar-refractivity contribution is 0.961. The minimum absolute atomic E-state index is 0.806. The molecule has 0 amide bonds. The second-order valence-electron chi connectivity index (χ2n) is 6.55. The van der Waals surface area contributed by atoms with Crippen LogP contribution in [0, 0.1) is 17.4 Å². The summed E-state index contributed by atoms with van der Waals surface area (Å²) in [5.41, 5.74) is 8.44. The summed E-state index contributed by atoms with van der Waals surface area (Å²) in [6, 6.07) is 6.69. The Balaban J connectivity index is 1.98. The van der Waals surface area contributed by atoms with Crippen molar-refractivity contribution in [3.63, 3.8) is 0 Å². The number of hydrogen-bond acceptors (Lipinski definition) is 3. The van der Waals surface area contributed by atoms with Gasteiger partial charge in [0.15, 0.2) is 0 Å². The van der Waals surface area contributed by atoms with Gasteiger partial charge in [0.1, 0.15) is 5.82 Å². The minimum Gasteiger partial charge on any atom is -0.255 e. The van der Waals surface area contributed by atoms with Crippen LogP contribution in [-0.2, 0) is 6.42 Å². The van der Waals surface area contributed by atoms with Crippen molar-refractivity contribution in [1.82, 2.24) is 15.0 Å². The molecule has 3 aromatic rings. The van der Waals surface area contributed by atoms with Crippen LogP contribution < -0.4 is 0 Å². The maximum atomic E-state index is 4.78. The molecule has 4 heteroatoms. The molecule has 0 radical (unpaired) electrons. The van der Waals surface area contributed by atoms with Gasteiger partial charge in [0.05, 0.1) is 16.9 Å². The highest BCUT2D eigenvalue weighted by Gasteiger charge is 2.19. The quantitative estimate of drug-likeness (QED) is 0.483. The van der Waals surface area contributed by atoms with Crippen molar-refractivity contribution in [1.29, 1.82) is 0 Å². The zero-order valence-corrected chi connectivity index (χ0v) is 16.9. The highest BCUT2D eigenvalue weighted by atomic mass is 127. The van der Waals surface area contributed by atoms with E-state index in [0.29, 0.717) is 0 Å². The van der Waals surface area contributed by atoms with Crippen LogP contribution in [0.25, 0.3) is 27.7 Å². The molecule has 2 heterocycles. The first-order valence-corrected chi connectivity index (χ1v) is 9.78. The predicted molar refractivity (Wildman–Crippen MR) is 112 cm³/mol. The Hall–Kier alpha value is -1.82. The van der Waals surface area contributed by atoms with E-state index in [1.807, 2.05) is 20.0 Å². The second kappa shape index (κ2) is 6.48. The smallest absolute Gasteiger partial charge is 0.126 e. The van der Waals surface area contributed by atoms with Gasteiger partial charge in [-0.2, -0.15) is 0 Å². The Morgan fingerprint density at radius 1 is 1.12 bits per heavy atom. The highest BCUT2D eigenvalue weighted by molar-refractivity contribution is 14.1. The summed E-state index contributed by atoms with van der Waals surface area (Å²) in [5, 5.41) is 1.03. The first-order chi connectivity index (χ1) is 12.1. The Morgan fingerprint density at radius 2 is 1.96 bits per heavy atom. The van der Waals surface area contributed by atoms with Crippen molar-refractivity contribution in [2.75, 3.05) is 0 Å². The normalized spacial score (nSPS) is 13.7. The van der Waals surface area contributed by atoms with E-state index < -0.39 is 0 Å². The van der Waals surface area contributed by atoms with Gasteiger partial charge in [0, 0.05) is 20.7 Å². The average Bonchev–Trinajstić information content (AvgIpc) is 2.59. The van der Waals surface area contributed by atoms with Crippen LogP contribution in [0.2, 0.25) is 0 Å². The summed E-state index contributed by atoms with van der Waals surface area (Å²) in [5.74, 6) is 0.806. The largest absolute Gasteiger partial charge is 0.255 e. The van der Waals surface area contributed by atoms with Gasteiger partial charge in [-0.25, -0.2) is 9.97 Å². The van der Waals surface area contributed by atoms with Gasteiger partial charge in [-0.3, -0.25) is 4.98 Å². The lowest BCUT2D eigenvalue weighted by Gasteiger charge is -2.21. The van der Waals surface area contributed by atoms with E-state index in [1.54, 1.807) is 0 Å². The van der Waals surface area contributed by atoms with Gasteiger partial charge in [-0.1, -0.05) is 13.0 Å². The average molecular weight is 441 g/mol. The molecular formula is C21H20IN3. The van der Waals surface area contributed by atoms with Gasteiger partial charge >= 0.3 is 0 Å². The Bertz CT molecular complexity index is 1020. The number of aryl methyl sites for hydroxylation is 3. The van der Waals surface area contributed by atoms with E-state index in [9.17, 15) is 0 Å². The van der Waals surface area contributed by atoms with Crippen molar-refractivity contribution < 1.29 is 0 Å². The van der Waals surface area contributed by atoms with E-state index in [1.165, 1.54) is 25.8 Å². The van der Waals surface area contributed by atoms with Crippen molar-refractivity contribution >= 4 is 39.1 Å². The van der Waals surface area contributed by atoms with Gasteiger partial charge in [0.25, 0.3) is 0 Å². The monoisotopic (exact) mass is 441 g/mol. The van der Waals surface area contributed by atoms with Crippen LogP contribution in [0.3, 0.4) is 0 Å². The molecular weight excluding hydrogens is 421 g/mol. The molecule has 0 bridgehead atoms. The van der Waals surface area contributed by atoms with Crippen molar-refractivity contribution in [2.24, 2.45) is 0 Å². The number of aromatic nitrogens is 3. The van der Waals surface area contributed by atoms with Crippen LogP contribution >= 0.6 is 22.6 Å². The topological polar surface area (TPSA) is 38.7 Å². The van der Waals surface area contributed by atoms with Crippen molar-refractivity contribution in [3.8, 4) is 11.3 Å². The molecule has 4 rings (SSSR count). The maximum absolute atomic E-state index is 4.78. The van der Waals surface area contributed by atoms with Crippen LogP contribution in [-0.4, -0.2) is 15.0 Å². The van der Waals surface area contributed by atoms with E-state index in [-0.39, 0.29) is 0 Å². The molecule has 0 N–H and O–H groups in total. The molecule has 0 atom stereocenters. The minimum atomic E-state index is 0.806. The summed E-state index contributed by atoms with van der Waals surface area (Å²) in [6.45, 7) is 6.19. The third-order valence-electron chi connectivity index (χ3n) is 4.85. The summed E-state index contributed by atoms with van der Waals surface area (Å²) < 4.78 is 1.26. The number of benzene rings is 1. The number of nitrogens with zero attached hydrogens (tertiary/aromatic N) is 3. The molecule has 0 saturated carbocycles. The SMILES string of the molecule is CCC1=CCCc2cc(I)cc(-c3cc4nc(C)nc(C)c4cn3)c21. The van der Waals surface area contributed by atoms with Crippen LogP contribution in [0.15, 0.2) is 30.5 Å². The lowest BCUT2D eigenvalue weighted by Crippen LogP contribution is -2.04. The number of halogens is 1. The van der Waals surface area contributed by atoms with Crippen molar-refractivity contribution in [2.45, 2.75) is 40.0 Å². The molecule has 25 heavy (non-hydrogen) atoms. The second-order valence-corrected chi connectivity index (χ2v) is 7.80. The molecule has 1 aliphatic rings. The number of rotatable bonds is 2. The molecule has 1 aromatic carbocycles. The number of allylic oxidation sites excluding steroid dienone is 2. The fraction of sp³-hybridized carbons (Fsp3) is 0.286. The summed E-state index contributed by atoms with van der Waals surface area (Å²) in [7, 11) is 0. The van der Waals surface area contributed by atoms with Crippen molar-refractivity contribution in [3.05, 3.63) is 56.7 Å². The van der Waals surface area contributed by atoms with Gasteiger partial charge in [-0.15, -0.1) is 0 Å². The Kier molecular flexibility index (Phi) is 4.31. The Morgan fingerprint density at radius 3 is 2.76 bits per heavy atom. The van der Waals surface area contributed by atoms with E-state index in [0.717, 1.165) is 47.4 Å². The van der Waals surface area contributed by atoms with E-state index >= 15 is 0 Å². The number of fused-ring (bicyclic) bond motifs is 2. The summed E-state index contributed by atoms with van der Waals surface area (Å²) in [4.78, 5) is 13.9.